The molecule has 0 radical (unpaired) electrons. The van der Waals surface area contributed by atoms with Gasteiger partial charge in [0.15, 0.2) is 5.69 Å². The van der Waals surface area contributed by atoms with Crippen molar-refractivity contribution in [2.75, 3.05) is 0 Å². The number of nitrogens with zero attached hydrogens (tertiary/aromatic N) is 1. The van der Waals surface area contributed by atoms with Gasteiger partial charge in [0, 0.05) is 0 Å². The zero-order valence-electron chi connectivity index (χ0n) is 8.37. The Balaban J connectivity index is 0.000000423. The molecule has 3 N–H and O–H groups in total. The first kappa shape index (κ1) is 14.2. The zero-order chi connectivity index (χ0) is 12.0. The van der Waals surface area contributed by atoms with Crippen LogP contribution >= 0.6 is 23.2 Å². The Kier molecular flexibility index (Phi) is 6.24. The molecule has 1 rings (SSSR count). The Bertz CT molecular complexity index is 340. The van der Waals surface area contributed by atoms with Gasteiger partial charge in [-0.15, -0.1) is 0 Å². The van der Waals surface area contributed by atoms with Crippen LogP contribution in [0.2, 0.25) is 10.2 Å². The normalized spacial score (nSPS) is 9.47. The second-order valence-electron chi connectivity index (χ2n) is 3.01. The van der Waals surface area contributed by atoms with E-state index in [1.54, 1.807) is 0 Å². The molecule has 0 aliphatic heterocycles. The highest BCUT2D eigenvalue weighted by atomic mass is 35.5. The Morgan fingerprint density at radius 2 is 1.93 bits per heavy atom. The molecule has 0 saturated heterocycles. The fraction of sp³-hybridized carbons (Fsp3) is 0.333. The minimum atomic E-state index is -1.18. The summed E-state index contributed by atoms with van der Waals surface area (Å²) in [5.74, 6) is -1.18. The molecule has 6 heteroatoms. The fourth-order valence-electron chi connectivity index (χ4n) is 0.568. The summed E-state index contributed by atoms with van der Waals surface area (Å²) in [6.07, 6.45) is 0. The molecule has 0 fully saturated rings. The van der Waals surface area contributed by atoms with E-state index in [9.17, 15) is 4.79 Å². The molecule has 4 nitrogen and oxygen atoms in total. The van der Waals surface area contributed by atoms with Gasteiger partial charge in [-0.05, 0) is 18.2 Å². The van der Waals surface area contributed by atoms with Gasteiger partial charge in [0.2, 0.25) is 0 Å². The van der Waals surface area contributed by atoms with E-state index in [-0.39, 0.29) is 15.9 Å². The standard InChI is InChI=1S/C6H3Cl2NO2.C3H9N/c7-3-1-2-4(8)9-5(3)6(10)11;1-3(2)4/h1-2H,(H,10,11);3H,4H2,1-2H3. The zero-order valence-corrected chi connectivity index (χ0v) is 9.88. The molecule has 0 unspecified atom stereocenters. The number of nitrogens with two attached hydrogens (primary N) is 1. The predicted molar refractivity (Wildman–Crippen MR) is 60.5 cm³/mol. The van der Waals surface area contributed by atoms with E-state index in [0.717, 1.165) is 0 Å². The number of carbonyl (C=O) groups is 1. The summed E-state index contributed by atoms with van der Waals surface area (Å²) in [7, 11) is 0. The Morgan fingerprint density at radius 1 is 1.47 bits per heavy atom. The van der Waals surface area contributed by atoms with Crippen LogP contribution in [0.15, 0.2) is 12.1 Å². The van der Waals surface area contributed by atoms with Crippen LogP contribution < -0.4 is 5.73 Å². The molecule has 15 heavy (non-hydrogen) atoms. The highest BCUT2D eigenvalue weighted by Crippen LogP contribution is 2.16. The fourth-order valence-corrected chi connectivity index (χ4v) is 0.902. The van der Waals surface area contributed by atoms with Crippen molar-refractivity contribution >= 4 is 29.2 Å². The number of halogens is 2. The van der Waals surface area contributed by atoms with Gasteiger partial charge in [-0.25, -0.2) is 9.78 Å². The van der Waals surface area contributed by atoms with E-state index in [0.29, 0.717) is 6.04 Å². The summed E-state index contributed by atoms with van der Waals surface area (Å²) in [6, 6.07) is 3.15. The second-order valence-corrected chi connectivity index (χ2v) is 3.81. The third kappa shape index (κ3) is 6.28. The molecule has 0 saturated carbocycles. The van der Waals surface area contributed by atoms with Gasteiger partial charge in [0.1, 0.15) is 5.15 Å². The van der Waals surface area contributed by atoms with Crippen LogP contribution in [0, 0.1) is 0 Å². The van der Waals surface area contributed by atoms with Crippen LogP contribution in [0.25, 0.3) is 0 Å². The lowest BCUT2D eigenvalue weighted by Gasteiger charge is -1.96. The van der Waals surface area contributed by atoms with Crippen molar-refractivity contribution < 1.29 is 9.90 Å². The van der Waals surface area contributed by atoms with E-state index >= 15 is 0 Å². The number of aromatic carboxylic acids is 1. The van der Waals surface area contributed by atoms with Gasteiger partial charge in [-0.2, -0.15) is 0 Å². The number of aromatic nitrogens is 1. The van der Waals surface area contributed by atoms with Gasteiger partial charge in [0.25, 0.3) is 0 Å². The number of hydrogen-bond donors (Lipinski definition) is 2. The molecule has 1 aromatic heterocycles. The van der Waals surface area contributed by atoms with E-state index in [2.05, 4.69) is 4.98 Å². The van der Waals surface area contributed by atoms with Crippen LogP contribution in [-0.4, -0.2) is 22.1 Å². The molecule has 0 atom stereocenters. The van der Waals surface area contributed by atoms with Crippen molar-refractivity contribution in [1.29, 1.82) is 0 Å². The minimum Gasteiger partial charge on any atom is -0.476 e. The van der Waals surface area contributed by atoms with Crippen molar-refractivity contribution in [3.8, 4) is 0 Å². The largest absolute Gasteiger partial charge is 0.476 e. The topological polar surface area (TPSA) is 76.2 Å². The lowest BCUT2D eigenvalue weighted by molar-refractivity contribution is 0.0690. The minimum absolute atomic E-state index is 0.0851. The van der Waals surface area contributed by atoms with Crippen molar-refractivity contribution in [2.24, 2.45) is 5.73 Å². The van der Waals surface area contributed by atoms with Crippen LogP contribution in [0.1, 0.15) is 24.3 Å². The maximum Gasteiger partial charge on any atom is 0.356 e. The van der Waals surface area contributed by atoms with Crippen molar-refractivity contribution in [3.63, 3.8) is 0 Å². The van der Waals surface area contributed by atoms with Crippen molar-refractivity contribution in [2.45, 2.75) is 19.9 Å². The predicted octanol–water partition coefficient (Wildman–Crippen LogP) is 2.44. The molecule has 1 heterocycles. The lowest BCUT2D eigenvalue weighted by Crippen LogP contribution is -2.06. The molecule has 0 spiro atoms. The maximum atomic E-state index is 10.4. The average molecular weight is 251 g/mol. The summed E-state index contributed by atoms with van der Waals surface area (Å²) >= 11 is 10.9. The quantitative estimate of drug-likeness (QED) is 0.751. The van der Waals surface area contributed by atoms with Gasteiger partial charge in [0.05, 0.1) is 5.02 Å². The molecular formula is C9H12Cl2N2O2. The molecule has 0 amide bonds. The highest BCUT2D eigenvalue weighted by molar-refractivity contribution is 6.34. The summed E-state index contributed by atoms with van der Waals surface area (Å²) in [4.78, 5) is 13.9. The van der Waals surface area contributed by atoms with E-state index in [4.69, 9.17) is 34.0 Å². The summed E-state index contributed by atoms with van der Waals surface area (Å²) in [5, 5.41) is 8.69. The second kappa shape index (κ2) is 6.61. The number of carboxylic acids is 1. The van der Waals surface area contributed by atoms with Gasteiger partial charge >= 0.3 is 5.97 Å². The summed E-state index contributed by atoms with van der Waals surface area (Å²) in [5.41, 5.74) is 4.89. The van der Waals surface area contributed by atoms with Crippen LogP contribution in [0.3, 0.4) is 0 Å². The Hall–Kier alpha value is -0.840. The number of rotatable bonds is 1. The number of pyridine rings is 1. The number of carboxylic acid groups (broad SMARTS) is 1. The number of hydrogen-bond acceptors (Lipinski definition) is 3. The molecular weight excluding hydrogens is 239 g/mol. The molecule has 84 valence electrons. The SMILES string of the molecule is CC(C)N.O=C(O)c1nc(Cl)ccc1Cl. The van der Waals surface area contributed by atoms with Gasteiger partial charge in [-0.1, -0.05) is 37.0 Å². The van der Waals surface area contributed by atoms with Crippen molar-refractivity contribution in [1.82, 2.24) is 4.98 Å². The first-order chi connectivity index (χ1) is 6.84. The van der Waals surface area contributed by atoms with E-state index in [1.165, 1.54) is 12.1 Å². The molecule has 1 aromatic rings. The van der Waals surface area contributed by atoms with Crippen LogP contribution in [-0.2, 0) is 0 Å². The van der Waals surface area contributed by atoms with Gasteiger partial charge in [-0.3, -0.25) is 0 Å². The van der Waals surface area contributed by atoms with Crippen LogP contribution in [0.4, 0.5) is 0 Å². The molecule has 0 bridgehead atoms. The average Bonchev–Trinajstić information content (AvgIpc) is 2.08. The Morgan fingerprint density at radius 3 is 2.27 bits per heavy atom. The maximum absolute atomic E-state index is 10.4. The van der Waals surface area contributed by atoms with Gasteiger partial charge < -0.3 is 10.8 Å². The highest BCUT2D eigenvalue weighted by Gasteiger charge is 2.09. The molecule has 0 aliphatic carbocycles. The van der Waals surface area contributed by atoms with E-state index in [1.807, 2.05) is 13.8 Å². The first-order valence-electron chi connectivity index (χ1n) is 4.15. The summed E-state index contributed by atoms with van der Waals surface area (Å²) in [6.45, 7) is 3.89. The summed E-state index contributed by atoms with van der Waals surface area (Å²) < 4.78 is 0. The van der Waals surface area contributed by atoms with E-state index < -0.39 is 5.97 Å². The first-order valence-corrected chi connectivity index (χ1v) is 4.91. The molecule has 0 aromatic carbocycles. The molecule has 0 aliphatic rings. The lowest BCUT2D eigenvalue weighted by atomic mass is 10.3. The van der Waals surface area contributed by atoms with Crippen LogP contribution in [0.5, 0.6) is 0 Å². The van der Waals surface area contributed by atoms with Crippen molar-refractivity contribution in [3.05, 3.63) is 28.0 Å². The smallest absolute Gasteiger partial charge is 0.356 e. The monoisotopic (exact) mass is 250 g/mol. The third-order valence-corrected chi connectivity index (χ3v) is 1.53. The third-order valence-electron chi connectivity index (χ3n) is 1.01. The Labute approximate surface area is 98.0 Å².